The summed E-state index contributed by atoms with van der Waals surface area (Å²) in [6, 6.07) is 5.05. The molecule has 131 valence electrons. The summed E-state index contributed by atoms with van der Waals surface area (Å²) in [5.74, 6) is 1.59. The summed E-state index contributed by atoms with van der Waals surface area (Å²) in [6.07, 6.45) is 19.6. The van der Waals surface area contributed by atoms with Crippen LogP contribution in [0.4, 0.5) is 0 Å². The van der Waals surface area contributed by atoms with E-state index in [1.165, 1.54) is 76.2 Å². The lowest BCUT2D eigenvalue weighted by molar-refractivity contribution is 0.280. The maximum atomic E-state index is 2.55. The third-order valence-corrected chi connectivity index (χ3v) is 6.61. The first-order valence-corrected chi connectivity index (χ1v) is 10.4. The highest BCUT2D eigenvalue weighted by Gasteiger charge is 2.35. The van der Waals surface area contributed by atoms with Crippen LogP contribution in [0, 0.1) is 11.3 Å². The summed E-state index contributed by atoms with van der Waals surface area (Å²) >= 11 is 0. The predicted octanol–water partition coefficient (Wildman–Crippen LogP) is 7.29. The summed E-state index contributed by atoms with van der Waals surface area (Å²) < 4.78 is 0. The van der Waals surface area contributed by atoms with Crippen molar-refractivity contribution >= 4 is 6.08 Å². The molecular formula is C24H35. The van der Waals surface area contributed by atoms with E-state index >= 15 is 0 Å². The van der Waals surface area contributed by atoms with Crippen molar-refractivity contribution in [2.45, 2.75) is 91.4 Å². The van der Waals surface area contributed by atoms with Crippen molar-refractivity contribution in [2.75, 3.05) is 0 Å². The van der Waals surface area contributed by atoms with E-state index in [0.717, 1.165) is 0 Å². The third kappa shape index (κ3) is 3.63. The molecule has 1 aromatic rings. The van der Waals surface area contributed by atoms with Crippen LogP contribution in [0.3, 0.4) is 0 Å². The highest BCUT2D eigenvalue weighted by molar-refractivity contribution is 5.70. The average Bonchev–Trinajstić information content (AvgIpc) is 3.16. The smallest absolute Gasteiger partial charge is 0.0273 e. The zero-order valence-electron chi connectivity index (χ0n) is 16.1. The van der Waals surface area contributed by atoms with E-state index in [-0.39, 0.29) is 0 Å². The summed E-state index contributed by atoms with van der Waals surface area (Å²) in [7, 11) is 0. The largest absolute Gasteiger partial charge is 0.0721 e. The molecule has 0 spiro atoms. The molecule has 3 rings (SSSR count). The molecule has 0 N–H and O–H groups in total. The van der Waals surface area contributed by atoms with Gasteiger partial charge in [0.1, 0.15) is 0 Å². The van der Waals surface area contributed by atoms with Gasteiger partial charge in [0.05, 0.1) is 0 Å². The molecular weight excluding hydrogens is 288 g/mol. The van der Waals surface area contributed by atoms with Crippen molar-refractivity contribution in [1.82, 2.24) is 0 Å². The molecule has 24 heavy (non-hydrogen) atoms. The Morgan fingerprint density at radius 3 is 2.17 bits per heavy atom. The zero-order chi connectivity index (χ0) is 17.0. The fraction of sp³-hybridized carbons (Fsp3) is 0.625. The van der Waals surface area contributed by atoms with Gasteiger partial charge in [0.2, 0.25) is 0 Å². The predicted molar refractivity (Wildman–Crippen MR) is 106 cm³/mol. The highest BCUT2D eigenvalue weighted by atomic mass is 14.4. The normalized spacial score (nSPS) is 18.1. The van der Waals surface area contributed by atoms with E-state index in [1.807, 2.05) is 0 Å². The number of hydrogen-bond donors (Lipinski definition) is 0. The average molecular weight is 324 g/mol. The van der Waals surface area contributed by atoms with Gasteiger partial charge in [0, 0.05) is 5.92 Å². The number of hydrogen-bond acceptors (Lipinski definition) is 0. The minimum atomic E-state index is 0.542. The Kier molecular flexibility index (Phi) is 5.85. The van der Waals surface area contributed by atoms with E-state index in [4.69, 9.17) is 0 Å². The Morgan fingerprint density at radius 1 is 0.792 bits per heavy atom. The molecule has 0 bridgehead atoms. The van der Waals surface area contributed by atoms with Crippen LogP contribution in [0.5, 0.6) is 0 Å². The molecule has 0 atom stereocenters. The second-order valence-electron chi connectivity index (χ2n) is 8.15. The first kappa shape index (κ1) is 17.8. The monoisotopic (exact) mass is 323 g/mol. The van der Waals surface area contributed by atoms with E-state index in [9.17, 15) is 0 Å². The van der Waals surface area contributed by atoms with Crippen LogP contribution in [0.2, 0.25) is 0 Å². The number of fused-ring (bicyclic) bond motifs is 2. The van der Waals surface area contributed by atoms with Crippen molar-refractivity contribution in [3.8, 4) is 0 Å². The first-order valence-electron chi connectivity index (χ1n) is 10.4. The molecule has 0 nitrogen and oxygen atoms in total. The standard InChI is InChI=1S/C24H35/c1-4-7-8-9-10-11-12-19-13-14-20-15-21-17-24(5-2,6-3)18-22(21)16-23(19)20/h13-16H,4-12,17-18H2,1-3H3. The van der Waals surface area contributed by atoms with Gasteiger partial charge in [0.25, 0.3) is 0 Å². The maximum absolute atomic E-state index is 2.55. The van der Waals surface area contributed by atoms with E-state index in [2.05, 4.69) is 45.1 Å². The molecule has 0 saturated heterocycles. The second-order valence-corrected chi connectivity index (χ2v) is 8.15. The summed E-state index contributed by atoms with van der Waals surface area (Å²) in [6.45, 7) is 7.04. The molecule has 0 amide bonds. The van der Waals surface area contributed by atoms with Gasteiger partial charge in [0.15, 0.2) is 0 Å². The van der Waals surface area contributed by atoms with E-state index in [0.29, 0.717) is 5.41 Å². The second kappa shape index (κ2) is 7.89. The fourth-order valence-corrected chi connectivity index (χ4v) is 4.67. The van der Waals surface area contributed by atoms with Crippen molar-refractivity contribution in [3.63, 3.8) is 0 Å². The first-order chi connectivity index (χ1) is 11.7. The molecule has 0 unspecified atom stereocenters. The Labute approximate surface area is 149 Å². The molecule has 2 aliphatic carbocycles. The highest BCUT2D eigenvalue weighted by Crippen LogP contribution is 2.45. The Bertz CT molecular complexity index is 574. The molecule has 0 heteroatoms. The lowest BCUT2D eigenvalue weighted by Crippen LogP contribution is -2.18. The van der Waals surface area contributed by atoms with Crippen LogP contribution in [-0.4, -0.2) is 0 Å². The lowest BCUT2D eigenvalue weighted by atomic mass is 9.80. The summed E-state index contributed by atoms with van der Waals surface area (Å²) in [5, 5.41) is 0. The molecule has 0 saturated carbocycles. The van der Waals surface area contributed by atoms with Gasteiger partial charge in [-0.05, 0) is 59.8 Å². The van der Waals surface area contributed by atoms with Crippen LogP contribution in [0.25, 0.3) is 6.08 Å². The molecule has 1 radical (unpaired) electrons. The van der Waals surface area contributed by atoms with Gasteiger partial charge in [-0.1, -0.05) is 83.6 Å². The number of rotatable bonds is 9. The van der Waals surface area contributed by atoms with Crippen LogP contribution in [0.15, 0.2) is 18.2 Å². The summed E-state index contributed by atoms with van der Waals surface area (Å²) in [4.78, 5) is 0. The number of allylic oxidation sites excluding steroid dienone is 1. The van der Waals surface area contributed by atoms with Gasteiger partial charge < -0.3 is 0 Å². The van der Waals surface area contributed by atoms with Crippen LogP contribution in [-0.2, 0) is 12.8 Å². The van der Waals surface area contributed by atoms with Crippen molar-refractivity contribution in [3.05, 3.63) is 46.4 Å². The van der Waals surface area contributed by atoms with Crippen molar-refractivity contribution < 1.29 is 0 Å². The Balaban J connectivity index is 1.61. The maximum Gasteiger partial charge on any atom is 0.0273 e. The fourth-order valence-electron chi connectivity index (χ4n) is 4.67. The lowest BCUT2D eigenvalue weighted by Gasteiger charge is -2.25. The zero-order valence-corrected chi connectivity index (χ0v) is 16.1. The topological polar surface area (TPSA) is 0 Å². The van der Waals surface area contributed by atoms with E-state index in [1.54, 1.807) is 22.6 Å². The molecule has 2 aliphatic rings. The van der Waals surface area contributed by atoms with Gasteiger partial charge in [-0.25, -0.2) is 0 Å². The summed E-state index contributed by atoms with van der Waals surface area (Å²) in [5.41, 5.74) is 6.84. The van der Waals surface area contributed by atoms with Crippen molar-refractivity contribution in [1.29, 1.82) is 0 Å². The van der Waals surface area contributed by atoms with Gasteiger partial charge >= 0.3 is 0 Å². The molecule has 0 aromatic heterocycles. The van der Waals surface area contributed by atoms with E-state index < -0.39 is 0 Å². The number of benzene rings is 1. The molecule has 0 aliphatic heterocycles. The quantitative estimate of drug-likeness (QED) is 0.418. The number of unbranched alkanes of at least 4 members (excludes halogenated alkanes) is 5. The van der Waals surface area contributed by atoms with Crippen LogP contribution >= 0.6 is 0 Å². The van der Waals surface area contributed by atoms with Gasteiger partial charge in [-0.15, -0.1) is 0 Å². The third-order valence-electron chi connectivity index (χ3n) is 6.61. The minimum Gasteiger partial charge on any atom is -0.0721 e. The minimum absolute atomic E-state index is 0.542. The van der Waals surface area contributed by atoms with Crippen LogP contribution in [0.1, 0.15) is 101 Å². The van der Waals surface area contributed by atoms with Crippen LogP contribution < -0.4 is 0 Å². The SMILES string of the molecule is CCCCCCCC[C]1C=Cc2cc3c(cc21)CC(CC)(CC)C3. The van der Waals surface area contributed by atoms with Gasteiger partial charge in [-0.3, -0.25) is 0 Å². The molecule has 1 aromatic carbocycles. The molecule has 0 fully saturated rings. The van der Waals surface area contributed by atoms with Crippen molar-refractivity contribution in [2.24, 2.45) is 5.41 Å². The Hall–Kier alpha value is -1.04. The Morgan fingerprint density at radius 2 is 1.46 bits per heavy atom. The molecule has 0 heterocycles. The van der Waals surface area contributed by atoms with Gasteiger partial charge in [-0.2, -0.15) is 0 Å².